The van der Waals surface area contributed by atoms with Gasteiger partial charge >= 0.3 is 0 Å². The van der Waals surface area contributed by atoms with Crippen molar-refractivity contribution in [3.8, 4) is 0 Å². The Balaban J connectivity index is 1.80. The van der Waals surface area contributed by atoms with Crippen LogP contribution >= 0.6 is 0 Å². The van der Waals surface area contributed by atoms with Crippen molar-refractivity contribution in [1.82, 2.24) is 10.3 Å². The average Bonchev–Trinajstić information content (AvgIpc) is 2.95. The van der Waals surface area contributed by atoms with Gasteiger partial charge in [-0.2, -0.15) is 0 Å². The fourth-order valence-corrected chi connectivity index (χ4v) is 3.50. The van der Waals surface area contributed by atoms with Crippen molar-refractivity contribution in [2.24, 2.45) is 11.8 Å². The molecule has 3 rings (SSSR count). The number of nitrogens with zero attached hydrogens (tertiary/aromatic N) is 2. The van der Waals surface area contributed by atoms with Crippen molar-refractivity contribution in [2.45, 2.75) is 39.8 Å². The van der Waals surface area contributed by atoms with Crippen LogP contribution in [0.4, 0.5) is 5.69 Å². The van der Waals surface area contributed by atoms with Gasteiger partial charge in [0.05, 0.1) is 11.6 Å². The predicted molar refractivity (Wildman–Crippen MR) is 101 cm³/mol. The molecule has 134 valence electrons. The Morgan fingerprint density at radius 3 is 2.80 bits per heavy atom. The van der Waals surface area contributed by atoms with E-state index < -0.39 is 6.10 Å². The Morgan fingerprint density at radius 2 is 2.08 bits per heavy atom. The van der Waals surface area contributed by atoms with Crippen LogP contribution in [0.3, 0.4) is 0 Å². The molecular formula is C20H27N3O2. The molecule has 2 N–H and O–H groups in total. The Morgan fingerprint density at radius 1 is 1.32 bits per heavy atom. The van der Waals surface area contributed by atoms with Crippen molar-refractivity contribution < 1.29 is 9.90 Å². The van der Waals surface area contributed by atoms with Gasteiger partial charge in [0.2, 0.25) is 5.91 Å². The van der Waals surface area contributed by atoms with Gasteiger partial charge in [0.25, 0.3) is 0 Å². The smallest absolute Gasteiger partial charge is 0.249 e. The summed E-state index contributed by atoms with van der Waals surface area (Å²) >= 11 is 0. The largest absolute Gasteiger partial charge is 0.383 e. The molecule has 1 aromatic heterocycles. The van der Waals surface area contributed by atoms with Crippen LogP contribution in [0.15, 0.2) is 30.5 Å². The van der Waals surface area contributed by atoms with Crippen LogP contribution in [0.1, 0.15) is 26.3 Å². The van der Waals surface area contributed by atoms with E-state index in [2.05, 4.69) is 47.2 Å². The Hall–Kier alpha value is -2.14. The van der Waals surface area contributed by atoms with Crippen LogP contribution in [0, 0.1) is 18.8 Å². The van der Waals surface area contributed by atoms with Gasteiger partial charge in [-0.25, -0.2) is 0 Å². The number of aromatic nitrogens is 1. The lowest BCUT2D eigenvalue weighted by molar-refractivity contribution is -0.132. The topological polar surface area (TPSA) is 65.5 Å². The quantitative estimate of drug-likeness (QED) is 0.897. The van der Waals surface area contributed by atoms with E-state index >= 15 is 0 Å². The number of carbonyl (C=O) groups excluding carboxylic acids is 1. The van der Waals surface area contributed by atoms with Gasteiger partial charge in [-0.05, 0) is 42.5 Å². The second-order valence-corrected chi connectivity index (χ2v) is 7.49. The zero-order chi connectivity index (χ0) is 18.1. The van der Waals surface area contributed by atoms with Crippen LogP contribution in [0.25, 0.3) is 10.9 Å². The molecule has 5 nitrogen and oxygen atoms in total. The van der Waals surface area contributed by atoms with Gasteiger partial charge in [-0.15, -0.1) is 0 Å². The van der Waals surface area contributed by atoms with E-state index in [1.165, 1.54) is 0 Å². The number of aliphatic hydroxyl groups excluding tert-OH is 1. The summed E-state index contributed by atoms with van der Waals surface area (Å²) in [7, 11) is 0. The first-order valence-electron chi connectivity index (χ1n) is 8.96. The van der Waals surface area contributed by atoms with E-state index in [0.717, 1.165) is 35.2 Å². The minimum atomic E-state index is -0.953. The molecule has 1 saturated heterocycles. The molecule has 0 spiro atoms. The first-order chi connectivity index (χ1) is 11.9. The molecule has 3 atom stereocenters. The standard InChI is InChI=1S/C20H27N3O2/c1-12(2)19(24)20(25)22-16-11-23(10-14(16)4)17-8-7-13(3)18-15(17)6-5-9-21-18/h5-9,12,14,16,19,24H,10-11H2,1-4H3,(H,22,25)/t14-,16+,19-/m1/s1. The third kappa shape index (κ3) is 3.47. The molecule has 1 aliphatic rings. The van der Waals surface area contributed by atoms with Crippen molar-refractivity contribution >= 4 is 22.5 Å². The van der Waals surface area contributed by atoms with Crippen LogP contribution < -0.4 is 10.2 Å². The van der Waals surface area contributed by atoms with Crippen molar-refractivity contribution in [2.75, 3.05) is 18.0 Å². The molecule has 1 fully saturated rings. The summed E-state index contributed by atoms with van der Waals surface area (Å²) in [6, 6.07) is 8.34. The lowest BCUT2D eigenvalue weighted by Gasteiger charge is -2.22. The molecule has 0 saturated carbocycles. The lowest BCUT2D eigenvalue weighted by atomic mass is 10.0. The summed E-state index contributed by atoms with van der Waals surface area (Å²) in [4.78, 5) is 19.0. The summed E-state index contributed by atoms with van der Waals surface area (Å²) in [6.07, 6.45) is 0.868. The van der Waals surface area contributed by atoms with Gasteiger partial charge < -0.3 is 15.3 Å². The van der Waals surface area contributed by atoms with E-state index in [1.54, 1.807) is 0 Å². The molecule has 0 bridgehead atoms. The third-order valence-electron chi connectivity index (χ3n) is 5.13. The van der Waals surface area contributed by atoms with Gasteiger partial charge in [0, 0.05) is 30.4 Å². The van der Waals surface area contributed by atoms with Gasteiger partial charge in [-0.1, -0.05) is 26.8 Å². The molecule has 0 unspecified atom stereocenters. The number of hydrogen-bond donors (Lipinski definition) is 2. The van der Waals surface area contributed by atoms with Gasteiger partial charge in [-0.3, -0.25) is 9.78 Å². The van der Waals surface area contributed by atoms with Gasteiger partial charge in [0.1, 0.15) is 6.10 Å². The first kappa shape index (κ1) is 17.7. The van der Waals surface area contributed by atoms with E-state index in [-0.39, 0.29) is 17.9 Å². The number of pyridine rings is 1. The molecule has 2 heterocycles. The third-order valence-corrected chi connectivity index (χ3v) is 5.13. The van der Waals surface area contributed by atoms with E-state index in [1.807, 2.05) is 26.1 Å². The number of anilines is 1. The second kappa shape index (κ2) is 7.00. The van der Waals surface area contributed by atoms with Crippen molar-refractivity contribution in [1.29, 1.82) is 0 Å². The van der Waals surface area contributed by atoms with E-state index in [0.29, 0.717) is 5.92 Å². The number of aliphatic hydroxyl groups is 1. The summed E-state index contributed by atoms with van der Waals surface area (Å²) in [5, 5.41) is 14.1. The molecule has 2 aromatic rings. The normalized spacial score (nSPS) is 21.8. The summed E-state index contributed by atoms with van der Waals surface area (Å²) in [6.45, 7) is 9.52. The minimum Gasteiger partial charge on any atom is -0.383 e. The Kier molecular flexibility index (Phi) is 4.95. The highest BCUT2D eigenvalue weighted by Crippen LogP contribution is 2.31. The molecular weight excluding hydrogens is 314 g/mol. The number of rotatable bonds is 4. The number of nitrogens with one attached hydrogen (secondary N) is 1. The highest BCUT2D eigenvalue weighted by molar-refractivity contribution is 5.94. The molecule has 1 aliphatic heterocycles. The summed E-state index contributed by atoms with van der Waals surface area (Å²) < 4.78 is 0. The predicted octanol–water partition coefficient (Wildman–Crippen LogP) is 2.50. The average molecular weight is 341 g/mol. The monoisotopic (exact) mass is 341 g/mol. The van der Waals surface area contributed by atoms with E-state index in [9.17, 15) is 9.90 Å². The maximum Gasteiger partial charge on any atom is 0.249 e. The maximum atomic E-state index is 12.2. The fraction of sp³-hybridized carbons (Fsp3) is 0.500. The SMILES string of the molecule is Cc1ccc(N2C[C@@H](C)[C@@H](NC(=O)[C@H](O)C(C)C)C2)c2cccnc12. The zero-order valence-electron chi connectivity index (χ0n) is 15.4. The number of hydrogen-bond acceptors (Lipinski definition) is 4. The molecule has 5 heteroatoms. The first-order valence-corrected chi connectivity index (χ1v) is 8.96. The fourth-order valence-electron chi connectivity index (χ4n) is 3.50. The van der Waals surface area contributed by atoms with Crippen LogP contribution in [0.5, 0.6) is 0 Å². The molecule has 25 heavy (non-hydrogen) atoms. The molecule has 1 amide bonds. The van der Waals surface area contributed by atoms with Crippen LogP contribution in [-0.4, -0.2) is 41.2 Å². The minimum absolute atomic E-state index is 0.0360. The number of amides is 1. The number of aryl methyl sites for hydroxylation is 1. The molecule has 0 aliphatic carbocycles. The summed E-state index contributed by atoms with van der Waals surface area (Å²) in [5.41, 5.74) is 3.34. The number of benzene rings is 1. The molecule has 0 radical (unpaired) electrons. The molecule has 1 aromatic carbocycles. The second-order valence-electron chi connectivity index (χ2n) is 7.49. The highest BCUT2D eigenvalue weighted by atomic mass is 16.3. The maximum absolute atomic E-state index is 12.2. The Bertz CT molecular complexity index is 775. The van der Waals surface area contributed by atoms with Crippen LogP contribution in [-0.2, 0) is 4.79 Å². The number of carbonyl (C=O) groups is 1. The lowest BCUT2D eigenvalue weighted by Crippen LogP contribution is -2.46. The highest BCUT2D eigenvalue weighted by Gasteiger charge is 2.33. The zero-order valence-corrected chi connectivity index (χ0v) is 15.4. The Labute approximate surface area is 149 Å². The van der Waals surface area contributed by atoms with Gasteiger partial charge in [0.15, 0.2) is 0 Å². The van der Waals surface area contributed by atoms with Crippen molar-refractivity contribution in [3.63, 3.8) is 0 Å². The number of fused-ring (bicyclic) bond motifs is 1. The van der Waals surface area contributed by atoms with E-state index in [4.69, 9.17) is 0 Å². The summed E-state index contributed by atoms with van der Waals surface area (Å²) in [5.74, 6) is -0.0413. The van der Waals surface area contributed by atoms with Crippen LogP contribution in [0.2, 0.25) is 0 Å². The van der Waals surface area contributed by atoms with Crippen molar-refractivity contribution in [3.05, 3.63) is 36.0 Å².